The molecule has 2 heterocycles. The smallest absolute Gasteiger partial charge is 0.315 e. The molecule has 6 fully saturated rings. The van der Waals surface area contributed by atoms with Gasteiger partial charge < -0.3 is 26.6 Å². The van der Waals surface area contributed by atoms with Crippen LogP contribution in [0.4, 0.5) is 4.79 Å². The lowest BCUT2D eigenvalue weighted by atomic mass is 9.73. The average Bonchev–Trinajstić information content (AvgIpc) is 3.26. The highest BCUT2D eigenvalue weighted by Gasteiger charge is 2.85. The molecule has 4 aliphatic carbocycles. The molecule has 0 radical (unpaired) electrons. The lowest BCUT2D eigenvalue weighted by molar-refractivity contribution is -0.143. The number of Topliss-reactive ketones (excluding diaryl/α,β-unsaturated/α-hetero) is 1. The van der Waals surface area contributed by atoms with E-state index in [2.05, 4.69) is 60.5 Å². The molecule has 0 aromatic rings. The molecule has 12 heteroatoms. The van der Waals surface area contributed by atoms with Gasteiger partial charge in [0.2, 0.25) is 17.6 Å². The van der Waals surface area contributed by atoms with E-state index in [0.29, 0.717) is 25.3 Å². The van der Waals surface area contributed by atoms with E-state index in [1.165, 1.54) is 6.42 Å². The van der Waals surface area contributed by atoms with E-state index >= 15 is 4.79 Å². The fraction of sp³-hybridized carbons (Fsp3) is 0.881. The van der Waals surface area contributed by atoms with Crippen molar-refractivity contribution in [3.63, 3.8) is 0 Å². The van der Waals surface area contributed by atoms with Crippen molar-refractivity contribution in [1.29, 1.82) is 0 Å². The fourth-order valence-electron chi connectivity index (χ4n) is 11.6. The van der Waals surface area contributed by atoms with Crippen LogP contribution >= 0.6 is 0 Å². The van der Waals surface area contributed by atoms with Gasteiger partial charge in [-0.25, -0.2) is 4.79 Å². The number of hydrogen-bond acceptors (Lipinski definition) is 7. The number of nitrogens with two attached hydrogens (primary N) is 1. The van der Waals surface area contributed by atoms with Gasteiger partial charge in [-0.15, -0.1) is 0 Å². The van der Waals surface area contributed by atoms with Crippen LogP contribution in [-0.2, 0) is 19.2 Å². The number of ketones is 1. The normalized spacial score (nSPS) is 29.8. The highest BCUT2D eigenvalue weighted by atomic mass is 16.2. The van der Waals surface area contributed by atoms with Crippen LogP contribution in [0, 0.1) is 33.5 Å². The zero-order valence-electron chi connectivity index (χ0n) is 34.7. The number of primary amides is 1. The van der Waals surface area contributed by atoms with Gasteiger partial charge in [0.25, 0.3) is 5.91 Å². The predicted octanol–water partition coefficient (Wildman–Crippen LogP) is 4.20. The lowest BCUT2D eigenvalue weighted by Gasteiger charge is -2.47. The van der Waals surface area contributed by atoms with Gasteiger partial charge in [-0.3, -0.25) is 29.0 Å². The van der Waals surface area contributed by atoms with Gasteiger partial charge in [0.1, 0.15) is 12.1 Å². The standard InChI is InChI=1S/C42H71N7O5/c1-38(2,3)33(46-37(54)45-30(28-16-10-9-11-17-28)24-48-21-20-47(8)39(4,5)25-48)36(53)49-26-42(40(6,7)41(42)18-13-19-41)23-31(49)35(52)44-29(32(50)34(43)51)22-27-14-12-15-27/h27-31,33H,9-26H2,1-8H3,(H2,43,51)(H,44,52)(H2,45,46,54). The van der Waals surface area contributed by atoms with E-state index in [4.69, 9.17) is 5.73 Å². The first-order valence-corrected chi connectivity index (χ1v) is 21.2. The molecule has 0 bridgehead atoms. The monoisotopic (exact) mass is 754 g/mol. The van der Waals surface area contributed by atoms with Crippen LogP contribution in [0.1, 0.15) is 132 Å². The Balaban J connectivity index is 1.22. The summed E-state index contributed by atoms with van der Waals surface area (Å²) in [6, 6.07) is -3.13. The summed E-state index contributed by atoms with van der Waals surface area (Å²) in [5, 5.41) is 9.43. The molecule has 0 aromatic heterocycles. The molecule has 5 atom stereocenters. The minimum absolute atomic E-state index is 0.0375. The highest BCUT2D eigenvalue weighted by molar-refractivity contribution is 6.37. The number of carbonyl (C=O) groups is 5. The van der Waals surface area contributed by atoms with Gasteiger partial charge in [0.05, 0.1) is 6.04 Å². The van der Waals surface area contributed by atoms with Crippen molar-refractivity contribution in [3.8, 4) is 0 Å². The largest absolute Gasteiger partial charge is 0.363 e. The summed E-state index contributed by atoms with van der Waals surface area (Å²) < 4.78 is 0. The molecular weight excluding hydrogens is 683 g/mol. The zero-order valence-corrected chi connectivity index (χ0v) is 34.7. The third kappa shape index (κ3) is 7.43. The number of likely N-dealkylation sites (N-methyl/N-ethyl adjacent to an activating group) is 1. The van der Waals surface area contributed by atoms with E-state index in [1.54, 1.807) is 4.90 Å². The molecule has 2 spiro atoms. The van der Waals surface area contributed by atoms with Crippen LogP contribution in [0.3, 0.4) is 0 Å². The number of nitrogens with one attached hydrogen (secondary N) is 3. The second kappa shape index (κ2) is 15.0. The Hall–Kier alpha value is -2.73. The number of fused-ring (bicyclic) bond motifs is 1. The van der Waals surface area contributed by atoms with Crippen LogP contribution in [0.5, 0.6) is 0 Å². The van der Waals surface area contributed by atoms with E-state index in [-0.39, 0.29) is 45.7 Å². The predicted molar refractivity (Wildman–Crippen MR) is 209 cm³/mol. The summed E-state index contributed by atoms with van der Waals surface area (Å²) in [4.78, 5) is 75.2. The minimum Gasteiger partial charge on any atom is -0.363 e. The van der Waals surface area contributed by atoms with E-state index in [0.717, 1.165) is 90.4 Å². The molecule has 0 aromatic carbocycles. The quantitative estimate of drug-likeness (QED) is 0.218. The molecule has 5 unspecified atom stereocenters. The summed E-state index contributed by atoms with van der Waals surface area (Å²) in [6.07, 6.45) is 12.8. The number of amides is 5. The second-order valence-electron chi connectivity index (χ2n) is 20.5. The van der Waals surface area contributed by atoms with Gasteiger partial charge in [-0.05, 0) is 87.5 Å². The first-order valence-electron chi connectivity index (χ1n) is 21.2. The van der Waals surface area contributed by atoms with E-state index in [9.17, 15) is 19.2 Å². The average molecular weight is 754 g/mol. The van der Waals surface area contributed by atoms with Crippen molar-refractivity contribution in [2.45, 2.75) is 162 Å². The maximum atomic E-state index is 15.0. The van der Waals surface area contributed by atoms with Gasteiger partial charge in [0.15, 0.2) is 0 Å². The molecule has 4 saturated carbocycles. The van der Waals surface area contributed by atoms with Gasteiger partial charge in [-0.1, -0.05) is 79.6 Å². The molecular formula is C42H71N7O5. The van der Waals surface area contributed by atoms with Crippen molar-refractivity contribution >= 4 is 29.5 Å². The summed E-state index contributed by atoms with van der Waals surface area (Å²) in [6.45, 7) is 19.0. The summed E-state index contributed by atoms with van der Waals surface area (Å²) in [5.74, 6) is -1.92. The van der Waals surface area contributed by atoms with E-state index < -0.39 is 41.1 Å². The van der Waals surface area contributed by atoms with Crippen molar-refractivity contribution in [2.24, 2.45) is 39.2 Å². The SMILES string of the molecule is CN1CCN(CC(NC(=O)NC(C(=O)N2CC3(CC2C(=O)NC(CC2CCC2)C(=O)C(N)=O)C(C)(C)C32CCC2)C(C)(C)C)C2CCCCC2)CC1(C)C. The molecule has 54 heavy (non-hydrogen) atoms. The number of piperazine rings is 1. The van der Waals surface area contributed by atoms with Gasteiger partial charge >= 0.3 is 6.03 Å². The Labute approximate surface area is 324 Å². The lowest BCUT2D eigenvalue weighted by Crippen LogP contribution is -2.63. The Morgan fingerprint density at radius 1 is 0.815 bits per heavy atom. The summed E-state index contributed by atoms with van der Waals surface area (Å²) >= 11 is 0. The maximum absolute atomic E-state index is 15.0. The Bertz CT molecular complexity index is 1460. The zero-order chi connectivity index (χ0) is 39.4. The van der Waals surface area contributed by atoms with Crippen LogP contribution < -0.4 is 21.7 Å². The van der Waals surface area contributed by atoms with Crippen LogP contribution in [0.2, 0.25) is 0 Å². The van der Waals surface area contributed by atoms with Crippen molar-refractivity contribution in [3.05, 3.63) is 0 Å². The molecule has 5 amide bonds. The number of carbonyl (C=O) groups excluding carboxylic acids is 5. The molecule has 6 aliphatic rings. The number of hydrogen-bond donors (Lipinski definition) is 4. The number of likely N-dealkylation sites (tertiary alicyclic amines) is 1. The Morgan fingerprint density at radius 3 is 2.00 bits per heavy atom. The second-order valence-corrected chi connectivity index (χ2v) is 20.5. The van der Waals surface area contributed by atoms with E-state index in [1.807, 2.05) is 20.8 Å². The number of nitrogens with zero attached hydrogens (tertiary/aromatic N) is 3. The molecule has 304 valence electrons. The highest BCUT2D eigenvalue weighted by Crippen LogP contribution is 2.88. The molecule has 2 saturated heterocycles. The van der Waals surface area contributed by atoms with Crippen LogP contribution in [0.25, 0.3) is 0 Å². The first-order chi connectivity index (χ1) is 25.2. The molecule has 6 rings (SSSR count). The minimum atomic E-state index is -1.06. The number of rotatable bonds is 12. The van der Waals surface area contributed by atoms with Crippen molar-refractivity contribution in [2.75, 3.05) is 39.8 Å². The van der Waals surface area contributed by atoms with Crippen LogP contribution in [0.15, 0.2) is 0 Å². The maximum Gasteiger partial charge on any atom is 0.315 e. The van der Waals surface area contributed by atoms with Crippen molar-refractivity contribution < 1.29 is 24.0 Å². The van der Waals surface area contributed by atoms with Gasteiger partial charge in [-0.2, -0.15) is 0 Å². The third-order valence-electron chi connectivity index (χ3n) is 15.8. The Kier molecular flexibility index (Phi) is 11.3. The topological polar surface area (TPSA) is 157 Å². The molecule has 5 N–H and O–H groups in total. The first kappa shape index (κ1) is 40.9. The number of urea groups is 1. The molecule has 2 aliphatic heterocycles. The Morgan fingerprint density at radius 2 is 1.48 bits per heavy atom. The van der Waals surface area contributed by atoms with Crippen LogP contribution in [-0.4, -0.2) is 114 Å². The summed E-state index contributed by atoms with van der Waals surface area (Å²) in [7, 11) is 2.17. The molecule has 12 nitrogen and oxygen atoms in total. The summed E-state index contributed by atoms with van der Waals surface area (Å²) in [5.41, 5.74) is 4.60. The third-order valence-corrected chi connectivity index (χ3v) is 15.8. The fourth-order valence-corrected chi connectivity index (χ4v) is 11.6. The van der Waals surface area contributed by atoms with Crippen molar-refractivity contribution in [1.82, 2.24) is 30.7 Å². The van der Waals surface area contributed by atoms with Gasteiger partial charge in [0, 0.05) is 49.7 Å².